The number of aromatic nitrogens is 3. The summed E-state index contributed by atoms with van der Waals surface area (Å²) in [4.78, 5) is 31.0. The predicted octanol–water partition coefficient (Wildman–Crippen LogP) is 1.12. The number of hydrogen-bond acceptors (Lipinski definition) is 5. The molecule has 1 fully saturated rings. The second-order valence-corrected chi connectivity index (χ2v) is 6.86. The lowest BCUT2D eigenvalue weighted by Crippen LogP contribution is -2.45. The Kier molecular flexibility index (Phi) is 5.15. The van der Waals surface area contributed by atoms with Crippen LogP contribution in [0, 0.1) is 0 Å². The van der Waals surface area contributed by atoms with Crippen LogP contribution in [0.15, 0.2) is 30.5 Å². The highest BCUT2D eigenvalue weighted by Gasteiger charge is 2.30. The number of rotatable bonds is 4. The highest BCUT2D eigenvalue weighted by molar-refractivity contribution is 5.92. The van der Waals surface area contributed by atoms with E-state index in [0.29, 0.717) is 38.5 Å². The van der Waals surface area contributed by atoms with Gasteiger partial charge in [-0.25, -0.2) is 0 Å². The fraction of sp³-hybridized carbons (Fsp3) is 0.474. The van der Waals surface area contributed by atoms with E-state index in [-0.39, 0.29) is 17.9 Å². The van der Waals surface area contributed by atoms with Crippen LogP contribution >= 0.6 is 0 Å². The van der Waals surface area contributed by atoms with Gasteiger partial charge in [-0.05, 0) is 37.5 Å². The number of hydrogen-bond donors (Lipinski definition) is 1. The highest BCUT2D eigenvalue weighted by Crippen LogP contribution is 2.19. The predicted molar refractivity (Wildman–Crippen MR) is 96.6 cm³/mol. The number of pyridine rings is 1. The molecule has 2 aromatic heterocycles. The van der Waals surface area contributed by atoms with E-state index in [0.717, 1.165) is 30.7 Å². The molecule has 4 heterocycles. The first-order chi connectivity index (χ1) is 13.2. The molecule has 4 rings (SSSR count). The average Bonchev–Trinajstić information content (AvgIpc) is 3.16. The first-order valence-electron chi connectivity index (χ1n) is 9.36. The fourth-order valence-corrected chi connectivity index (χ4v) is 3.47. The molecule has 2 aliphatic heterocycles. The van der Waals surface area contributed by atoms with Gasteiger partial charge >= 0.3 is 0 Å². The summed E-state index contributed by atoms with van der Waals surface area (Å²) in [5, 5.41) is 7.22. The van der Waals surface area contributed by atoms with Crippen molar-refractivity contribution in [3.63, 3.8) is 0 Å². The molecule has 0 spiro atoms. The molecule has 2 amide bonds. The Labute approximate surface area is 157 Å². The molecular formula is C19H23N5O3. The molecule has 0 saturated carbocycles. The Morgan fingerprint density at radius 3 is 2.96 bits per heavy atom. The molecule has 1 N–H and O–H groups in total. The topological polar surface area (TPSA) is 89.4 Å². The van der Waals surface area contributed by atoms with Crippen molar-refractivity contribution in [3.05, 3.63) is 47.5 Å². The van der Waals surface area contributed by atoms with Crippen LogP contribution in [0.5, 0.6) is 0 Å². The van der Waals surface area contributed by atoms with Crippen molar-refractivity contribution in [1.29, 1.82) is 0 Å². The Balaban J connectivity index is 1.38. The molecule has 0 bridgehead atoms. The van der Waals surface area contributed by atoms with Crippen molar-refractivity contribution in [2.75, 3.05) is 13.2 Å². The Bertz CT molecular complexity index is 814. The first-order valence-corrected chi connectivity index (χ1v) is 9.36. The molecule has 0 radical (unpaired) electrons. The number of fused-ring (bicyclic) bond motifs is 1. The van der Waals surface area contributed by atoms with Crippen LogP contribution in [0.2, 0.25) is 0 Å². The summed E-state index contributed by atoms with van der Waals surface area (Å²) < 4.78 is 7.42. The largest absolute Gasteiger partial charge is 0.368 e. The van der Waals surface area contributed by atoms with Gasteiger partial charge in [0, 0.05) is 19.3 Å². The van der Waals surface area contributed by atoms with Gasteiger partial charge in [0.05, 0.1) is 31.0 Å². The number of carbonyl (C=O) groups excluding carboxylic acids is 2. The minimum Gasteiger partial charge on any atom is -0.368 e. The van der Waals surface area contributed by atoms with Crippen LogP contribution in [-0.2, 0) is 29.2 Å². The van der Waals surface area contributed by atoms with E-state index in [1.165, 1.54) is 0 Å². The van der Waals surface area contributed by atoms with E-state index in [9.17, 15) is 9.59 Å². The summed E-state index contributed by atoms with van der Waals surface area (Å²) in [6.07, 6.45) is 4.21. The second-order valence-electron chi connectivity index (χ2n) is 6.86. The van der Waals surface area contributed by atoms with E-state index < -0.39 is 0 Å². The Hall–Kier alpha value is -2.74. The quantitative estimate of drug-likeness (QED) is 0.872. The van der Waals surface area contributed by atoms with Gasteiger partial charge in [0.25, 0.3) is 11.8 Å². The van der Waals surface area contributed by atoms with Crippen LogP contribution < -0.4 is 5.32 Å². The molecular weight excluding hydrogens is 346 g/mol. The van der Waals surface area contributed by atoms with E-state index in [1.54, 1.807) is 16.9 Å². The van der Waals surface area contributed by atoms with Crippen molar-refractivity contribution in [1.82, 2.24) is 25.0 Å². The third-order valence-electron chi connectivity index (χ3n) is 4.95. The average molecular weight is 369 g/mol. The molecule has 0 aromatic carbocycles. The zero-order valence-electron chi connectivity index (χ0n) is 15.1. The second kappa shape index (κ2) is 7.87. The Morgan fingerprint density at radius 2 is 2.19 bits per heavy atom. The van der Waals surface area contributed by atoms with E-state index in [2.05, 4.69) is 15.4 Å². The maximum absolute atomic E-state index is 12.6. The third-order valence-corrected chi connectivity index (χ3v) is 4.95. The first kappa shape index (κ1) is 17.7. The number of amides is 2. The standard InChI is InChI=1S/C19H23N5O3/c25-18(21-12-14-5-1-3-7-20-14)16-11-15-13-23(8-9-24(15)22-16)19(26)17-6-2-4-10-27-17/h1,3,5,7,11,17H,2,4,6,8-10,12-13H2,(H,21,25)/t17-/m0/s1. The molecule has 8 heteroatoms. The van der Waals surface area contributed by atoms with Crippen LogP contribution in [-0.4, -0.2) is 50.7 Å². The van der Waals surface area contributed by atoms with Gasteiger partial charge in [0.1, 0.15) is 6.10 Å². The van der Waals surface area contributed by atoms with Gasteiger partial charge in [-0.15, -0.1) is 0 Å². The zero-order valence-corrected chi connectivity index (χ0v) is 15.1. The smallest absolute Gasteiger partial charge is 0.272 e. The van der Waals surface area contributed by atoms with E-state index >= 15 is 0 Å². The van der Waals surface area contributed by atoms with Crippen molar-refractivity contribution in [2.24, 2.45) is 0 Å². The molecule has 0 unspecified atom stereocenters. The maximum atomic E-state index is 12.6. The van der Waals surface area contributed by atoms with Crippen LogP contribution in [0.1, 0.15) is 41.1 Å². The lowest BCUT2D eigenvalue weighted by Gasteiger charge is -2.32. The van der Waals surface area contributed by atoms with Crippen LogP contribution in [0.4, 0.5) is 0 Å². The SMILES string of the molecule is O=C(NCc1ccccn1)c1cc2n(n1)CCN(C(=O)[C@@H]1CCCCO1)C2. The molecule has 1 saturated heterocycles. The van der Waals surface area contributed by atoms with Crippen molar-refractivity contribution >= 4 is 11.8 Å². The summed E-state index contributed by atoms with van der Waals surface area (Å²) in [6, 6.07) is 7.33. The van der Waals surface area contributed by atoms with Gasteiger partial charge in [0.2, 0.25) is 0 Å². The summed E-state index contributed by atoms with van der Waals surface area (Å²) >= 11 is 0. The normalized spacial score (nSPS) is 19.4. The van der Waals surface area contributed by atoms with Gasteiger partial charge in [0.15, 0.2) is 5.69 Å². The van der Waals surface area contributed by atoms with Gasteiger partial charge in [-0.3, -0.25) is 19.3 Å². The summed E-state index contributed by atoms with van der Waals surface area (Å²) in [6.45, 7) is 2.64. The lowest BCUT2D eigenvalue weighted by molar-refractivity contribution is -0.148. The fourth-order valence-electron chi connectivity index (χ4n) is 3.47. The molecule has 2 aliphatic rings. The highest BCUT2D eigenvalue weighted by atomic mass is 16.5. The van der Waals surface area contributed by atoms with Gasteiger partial charge in [-0.1, -0.05) is 6.07 Å². The number of nitrogens with one attached hydrogen (secondary N) is 1. The molecule has 1 atom stereocenters. The zero-order chi connectivity index (χ0) is 18.6. The molecule has 27 heavy (non-hydrogen) atoms. The van der Waals surface area contributed by atoms with E-state index in [1.807, 2.05) is 23.1 Å². The summed E-state index contributed by atoms with van der Waals surface area (Å²) in [5.74, 6) is -0.195. The van der Waals surface area contributed by atoms with Crippen molar-refractivity contribution in [3.8, 4) is 0 Å². The van der Waals surface area contributed by atoms with Crippen LogP contribution in [0.25, 0.3) is 0 Å². The summed E-state index contributed by atoms with van der Waals surface area (Å²) in [7, 11) is 0. The molecule has 142 valence electrons. The number of nitrogens with zero attached hydrogens (tertiary/aromatic N) is 4. The number of ether oxygens (including phenoxy) is 1. The minimum absolute atomic E-state index is 0.0447. The lowest BCUT2D eigenvalue weighted by atomic mass is 10.1. The van der Waals surface area contributed by atoms with Crippen molar-refractivity contribution in [2.45, 2.75) is 45.0 Å². The minimum atomic E-state index is -0.325. The van der Waals surface area contributed by atoms with Crippen molar-refractivity contribution < 1.29 is 14.3 Å². The third kappa shape index (κ3) is 4.00. The maximum Gasteiger partial charge on any atom is 0.272 e. The Morgan fingerprint density at radius 1 is 1.26 bits per heavy atom. The molecule has 0 aliphatic carbocycles. The molecule has 8 nitrogen and oxygen atoms in total. The van der Waals surface area contributed by atoms with Crippen LogP contribution in [0.3, 0.4) is 0 Å². The molecule has 2 aromatic rings. The number of carbonyl (C=O) groups is 2. The monoisotopic (exact) mass is 369 g/mol. The van der Waals surface area contributed by atoms with Gasteiger partial charge < -0.3 is 15.0 Å². The summed E-state index contributed by atoms with van der Waals surface area (Å²) in [5.41, 5.74) is 2.02. The van der Waals surface area contributed by atoms with Gasteiger partial charge in [-0.2, -0.15) is 5.10 Å². The van der Waals surface area contributed by atoms with E-state index in [4.69, 9.17) is 4.74 Å².